The molecule has 0 N–H and O–H groups in total. The van der Waals surface area contributed by atoms with E-state index in [1.54, 1.807) is 13.0 Å². The molecule has 2 aromatic carbocycles. The van der Waals surface area contributed by atoms with Crippen LogP contribution >= 0.6 is 0 Å². The van der Waals surface area contributed by atoms with Gasteiger partial charge in [0.2, 0.25) is 0 Å². The van der Waals surface area contributed by atoms with Crippen molar-refractivity contribution in [2.24, 2.45) is 5.92 Å². The number of fused-ring (bicyclic) bond motifs is 1. The summed E-state index contributed by atoms with van der Waals surface area (Å²) >= 11 is 0. The molecule has 0 amide bonds. The molecule has 1 aliphatic rings. The Kier molecular flexibility index (Phi) is 6.68. The molecule has 32 heavy (non-hydrogen) atoms. The third-order valence-corrected chi connectivity index (χ3v) is 6.01. The fraction of sp³-hybridized carbons (Fsp3) is 0.381. The van der Waals surface area contributed by atoms with Crippen LogP contribution in [0, 0.1) is 11.7 Å². The van der Waals surface area contributed by atoms with Crippen LogP contribution in [-0.2, 0) is 32.5 Å². The molecule has 0 spiro atoms. The SMILES string of the molecule is COC(=O)C(C)Cc1ccc2c(c1)OC(c1ccc(OS(=O)(=O)C(F)(F)F)cc1F)CC2. The van der Waals surface area contributed by atoms with Crippen molar-refractivity contribution in [3.63, 3.8) is 0 Å². The maximum atomic E-state index is 14.6. The Bertz CT molecular complexity index is 1110. The third-order valence-electron chi connectivity index (χ3n) is 5.03. The van der Waals surface area contributed by atoms with Gasteiger partial charge < -0.3 is 13.7 Å². The molecule has 2 atom stereocenters. The smallest absolute Gasteiger partial charge is 0.485 e. The van der Waals surface area contributed by atoms with E-state index in [2.05, 4.69) is 4.18 Å². The van der Waals surface area contributed by atoms with Gasteiger partial charge in [-0.3, -0.25) is 4.79 Å². The van der Waals surface area contributed by atoms with Crippen LogP contribution in [0.3, 0.4) is 0 Å². The Morgan fingerprint density at radius 1 is 1.22 bits per heavy atom. The lowest BCUT2D eigenvalue weighted by Crippen LogP contribution is -2.28. The van der Waals surface area contributed by atoms with Gasteiger partial charge in [0, 0.05) is 11.6 Å². The van der Waals surface area contributed by atoms with Gasteiger partial charge in [-0.2, -0.15) is 21.6 Å². The predicted molar refractivity (Wildman–Crippen MR) is 105 cm³/mol. The van der Waals surface area contributed by atoms with E-state index in [4.69, 9.17) is 9.47 Å². The van der Waals surface area contributed by atoms with Crippen molar-refractivity contribution in [1.82, 2.24) is 0 Å². The van der Waals surface area contributed by atoms with E-state index in [0.717, 1.165) is 23.3 Å². The number of rotatable bonds is 6. The second kappa shape index (κ2) is 8.97. The van der Waals surface area contributed by atoms with Crippen LogP contribution in [0.1, 0.15) is 36.1 Å². The van der Waals surface area contributed by atoms with E-state index in [-0.39, 0.29) is 17.5 Å². The Morgan fingerprint density at radius 3 is 2.56 bits per heavy atom. The lowest BCUT2D eigenvalue weighted by Gasteiger charge is -2.27. The minimum atomic E-state index is -5.90. The minimum Gasteiger partial charge on any atom is -0.485 e. The first-order valence-electron chi connectivity index (χ1n) is 9.57. The zero-order valence-corrected chi connectivity index (χ0v) is 17.9. The molecule has 0 bridgehead atoms. The highest BCUT2D eigenvalue weighted by Gasteiger charge is 2.48. The molecular weight excluding hydrogens is 456 g/mol. The number of benzene rings is 2. The number of halogens is 4. The van der Waals surface area contributed by atoms with Crippen LogP contribution in [0.2, 0.25) is 0 Å². The zero-order valence-electron chi connectivity index (χ0n) is 17.1. The van der Waals surface area contributed by atoms with E-state index in [1.807, 2.05) is 12.1 Å². The van der Waals surface area contributed by atoms with E-state index >= 15 is 0 Å². The largest absolute Gasteiger partial charge is 0.534 e. The number of carbonyl (C=O) groups is 1. The molecule has 174 valence electrons. The predicted octanol–water partition coefficient (Wildman–Crippen LogP) is 4.47. The highest BCUT2D eigenvalue weighted by Crippen LogP contribution is 2.38. The first-order valence-corrected chi connectivity index (χ1v) is 11.0. The van der Waals surface area contributed by atoms with Crippen LogP contribution < -0.4 is 8.92 Å². The fourth-order valence-electron chi connectivity index (χ4n) is 3.39. The Balaban J connectivity index is 1.77. The highest BCUT2D eigenvalue weighted by molar-refractivity contribution is 7.88. The molecule has 6 nitrogen and oxygen atoms in total. The zero-order chi connectivity index (χ0) is 23.7. The monoisotopic (exact) mass is 476 g/mol. The number of methoxy groups -OCH3 is 1. The number of esters is 1. The van der Waals surface area contributed by atoms with Crippen molar-refractivity contribution < 1.29 is 44.4 Å². The Hall–Kier alpha value is -2.82. The standard InChI is InChI=1S/C21H20F4O6S/c1-12(20(26)29-2)9-13-3-4-14-5-8-18(30-19(14)10-13)16-7-6-15(11-17(16)22)31-32(27,28)21(23,24)25/h3-4,6-7,10-12,18H,5,8-9H2,1-2H3. The van der Waals surface area contributed by atoms with E-state index in [9.17, 15) is 30.8 Å². The molecule has 11 heteroatoms. The molecule has 0 aromatic heterocycles. The summed E-state index contributed by atoms with van der Waals surface area (Å²) in [6, 6.07) is 8.14. The first kappa shape index (κ1) is 23.8. The van der Waals surface area contributed by atoms with Gasteiger partial charge in [0.1, 0.15) is 23.4 Å². The highest BCUT2D eigenvalue weighted by atomic mass is 32.2. The summed E-state index contributed by atoms with van der Waals surface area (Å²) in [6.45, 7) is 1.73. The molecule has 2 unspecified atom stereocenters. The summed E-state index contributed by atoms with van der Waals surface area (Å²) in [5, 5.41) is 0. The molecule has 2 aromatic rings. The lowest BCUT2D eigenvalue weighted by molar-refractivity contribution is -0.144. The number of hydrogen-bond donors (Lipinski definition) is 0. The molecular formula is C21H20F4O6S. The van der Waals surface area contributed by atoms with E-state index in [0.29, 0.717) is 31.1 Å². The molecule has 0 saturated heterocycles. The van der Waals surface area contributed by atoms with Gasteiger partial charge in [-0.1, -0.05) is 19.1 Å². The molecule has 0 saturated carbocycles. The number of ether oxygens (including phenoxy) is 2. The quantitative estimate of drug-likeness (QED) is 0.265. The van der Waals surface area contributed by atoms with Gasteiger partial charge in [-0.05, 0) is 48.6 Å². The Morgan fingerprint density at radius 2 is 1.94 bits per heavy atom. The van der Waals surface area contributed by atoms with Crippen LogP contribution in [-0.4, -0.2) is 27.0 Å². The number of alkyl halides is 3. The number of aryl methyl sites for hydroxylation is 1. The van der Waals surface area contributed by atoms with Gasteiger partial charge in [-0.25, -0.2) is 4.39 Å². The van der Waals surface area contributed by atoms with Crippen molar-refractivity contribution in [3.8, 4) is 11.5 Å². The molecule has 1 aliphatic heterocycles. The lowest BCUT2D eigenvalue weighted by atomic mass is 9.94. The van der Waals surface area contributed by atoms with Crippen LogP contribution in [0.15, 0.2) is 36.4 Å². The summed E-state index contributed by atoms with van der Waals surface area (Å²) in [7, 11) is -4.59. The van der Waals surface area contributed by atoms with E-state index < -0.39 is 33.3 Å². The maximum absolute atomic E-state index is 14.6. The summed E-state index contributed by atoms with van der Waals surface area (Å²) < 4.78 is 88.7. The van der Waals surface area contributed by atoms with Gasteiger partial charge in [-0.15, -0.1) is 0 Å². The second-order valence-electron chi connectivity index (χ2n) is 7.38. The van der Waals surface area contributed by atoms with Gasteiger partial charge in [0.25, 0.3) is 0 Å². The van der Waals surface area contributed by atoms with Crippen molar-refractivity contribution in [3.05, 3.63) is 58.9 Å². The first-order chi connectivity index (χ1) is 14.9. The van der Waals surface area contributed by atoms with Gasteiger partial charge in [0.15, 0.2) is 0 Å². The summed E-state index contributed by atoms with van der Waals surface area (Å²) in [6.07, 6.45) is 0.654. The Labute approximate surface area is 182 Å². The summed E-state index contributed by atoms with van der Waals surface area (Å²) in [5.41, 5.74) is -3.85. The van der Waals surface area contributed by atoms with Crippen LogP contribution in [0.5, 0.6) is 11.5 Å². The fourth-order valence-corrected chi connectivity index (χ4v) is 3.84. The molecule has 3 rings (SSSR count). The normalized spacial score (nSPS) is 17.1. The van der Waals surface area contributed by atoms with Gasteiger partial charge in [0.05, 0.1) is 13.0 Å². The average Bonchev–Trinajstić information content (AvgIpc) is 2.71. The molecule has 1 heterocycles. The summed E-state index contributed by atoms with van der Waals surface area (Å²) in [5.74, 6) is -1.95. The number of hydrogen-bond acceptors (Lipinski definition) is 6. The number of carbonyl (C=O) groups excluding carboxylic acids is 1. The minimum absolute atomic E-state index is 0.0562. The van der Waals surface area contributed by atoms with Crippen molar-refractivity contribution in [2.45, 2.75) is 37.8 Å². The summed E-state index contributed by atoms with van der Waals surface area (Å²) in [4.78, 5) is 11.6. The van der Waals surface area contributed by atoms with Crippen LogP contribution in [0.4, 0.5) is 17.6 Å². The third kappa shape index (κ3) is 5.14. The van der Waals surface area contributed by atoms with Crippen LogP contribution in [0.25, 0.3) is 0 Å². The molecule has 0 aliphatic carbocycles. The van der Waals surface area contributed by atoms with Crippen molar-refractivity contribution >= 4 is 16.1 Å². The average molecular weight is 476 g/mol. The topological polar surface area (TPSA) is 78.9 Å². The molecule has 0 fully saturated rings. The molecule has 0 radical (unpaired) electrons. The van der Waals surface area contributed by atoms with E-state index in [1.165, 1.54) is 7.11 Å². The maximum Gasteiger partial charge on any atom is 0.534 e. The van der Waals surface area contributed by atoms with Crippen molar-refractivity contribution in [2.75, 3.05) is 7.11 Å². The second-order valence-corrected chi connectivity index (χ2v) is 8.92. The van der Waals surface area contributed by atoms with Gasteiger partial charge >= 0.3 is 21.6 Å². The van der Waals surface area contributed by atoms with Crippen molar-refractivity contribution in [1.29, 1.82) is 0 Å².